The van der Waals surface area contributed by atoms with Crippen molar-refractivity contribution in [3.63, 3.8) is 0 Å². The van der Waals surface area contributed by atoms with Crippen LogP contribution in [0.25, 0.3) is 15.9 Å². The van der Waals surface area contributed by atoms with Gasteiger partial charge in [0.05, 0.1) is 16.8 Å². The van der Waals surface area contributed by atoms with E-state index in [9.17, 15) is 9.59 Å². The van der Waals surface area contributed by atoms with Gasteiger partial charge in [0.25, 0.3) is 5.56 Å². The van der Waals surface area contributed by atoms with Gasteiger partial charge >= 0.3 is 0 Å². The molecule has 0 aliphatic heterocycles. The predicted molar refractivity (Wildman–Crippen MR) is 137 cm³/mol. The molecule has 1 fully saturated rings. The molecule has 7 heteroatoms. The molecule has 2 aromatic heterocycles. The fourth-order valence-corrected chi connectivity index (χ4v) is 7.25. The Labute approximate surface area is 203 Å². The summed E-state index contributed by atoms with van der Waals surface area (Å²) in [5, 5.41) is 4.61. The summed E-state index contributed by atoms with van der Waals surface area (Å²) in [6.45, 7) is 2.02. The largest absolute Gasteiger partial charge is 0.353 e. The minimum atomic E-state index is 0.000348. The van der Waals surface area contributed by atoms with Crippen molar-refractivity contribution in [2.75, 3.05) is 5.75 Å². The van der Waals surface area contributed by atoms with Crippen LogP contribution in [0.15, 0.2) is 34.2 Å². The van der Waals surface area contributed by atoms with Crippen LogP contribution in [-0.4, -0.2) is 27.3 Å². The minimum Gasteiger partial charge on any atom is -0.353 e. The SMILES string of the molecule is Cc1ccccc1-n1c(SCC(=O)NC2CCCCCC2)nc2sc3c(c2c1=O)CCCC3. The highest BCUT2D eigenvalue weighted by Gasteiger charge is 2.24. The van der Waals surface area contributed by atoms with Gasteiger partial charge in [0, 0.05) is 10.9 Å². The Balaban J connectivity index is 1.49. The minimum absolute atomic E-state index is 0.000348. The number of hydrogen-bond donors (Lipinski definition) is 1. The molecular formula is C26H31N3O2S2. The summed E-state index contributed by atoms with van der Waals surface area (Å²) in [5.74, 6) is 0.300. The highest BCUT2D eigenvalue weighted by atomic mass is 32.2. The first-order valence-electron chi connectivity index (χ1n) is 12.2. The summed E-state index contributed by atoms with van der Waals surface area (Å²) in [6, 6.07) is 8.20. The second-order valence-corrected chi connectivity index (χ2v) is 11.3. The quantitative estimate of drug-likeness (QED) is 0.294. The van der Waals surface area contributed by atoms with Crippen molar-refractivity contribution in [2.45, 2.75) is 82.3 Å². The number of thiophene rings is 1. The Hall–Kier alpha value is -2.12. The summed E-state index contributed by atoms with van der Waals surface area (Å²) in [5.41, 5.74) is 3.07. The Bertz CT molecular complexity index is 1220. The molecular weight excluding hydrogens is 450 g/mol. The zero-order chi connectivity index (χ0) is 22.8. The number of carbonyl (C=O) groups is 1. The number of amides is 1. The van der Waals surface area contributed by atoms with Gasteiger partial charge in [0.1, 0.15) is 4.83 Å². The van der Waals surface area contributed by atoms with Gasteiger partial charge in [-0.25, -0.2) is 4.98 Å². The zero-order valence-corrected chi connectivity index (χ0v) is 20.8. The number of benzene rings is 1. The van der Waals surface area contributed by atoms with Crippen molar-refractivity contribution in [3.05, 3.63) is 50.6 Å². The van der Waals surface area contributed by atoms with E-state index in [0.717, 1.165) is 53.6 Å². The highest BCUT2D eigenvalue weighted by Crippen LogP contribution is 2.35. The van der Waals surface area contributed by atoms with E-state index in [0.29, 0.717) is 5.16 Å². The van der Waals surface area contributed by atoms with Crippen molar-refractivity contribution in [1.29, 1.82) is 0 Å². The molecule has 3 aromatic rings. The van der Waals surface area contributed by atoms with Gasteiger partial charge in [-0.15, -0.1) is 11.3 Å². The lowest BCUT2D eigenvalue weighted by Crippen LogP contribution is -2.35. The molecule has 0 radical (unpaired) electrons. The Morgan fingerprint density at radius 1 is 1.12 bits per heavy atom. The fourth-order valence-electron chi connectivity index (χ4n) is 5.13. The molecule has 2 aliphatic rings. The molecule has 5 rings (SSSR count). The van der Waals surface area contributed by atoms with Crippen LogP contribution in [0.4, 0.5) is 0 Å². The zero-order valence-electron chi connectivity index (χ0n) is 19.2. The van der Waals surface area contributed by atoms with Crippen LogP contribution >= 0.6 is 23.1 Å². The maximum absolute atomic E-state index is 13.9. The summed E-state index contributed by atoms with van der Waals surface area (Å²) < 4.78 is 1.74. The maximum Gasteiger partial charge on any atom is 0.267 e. The number of carbonyl (C=O) groups excluding carboxylic acids is 1. The van der Waals surface area contributed by atoms with Gasteiger partial charge in [0.2, 0.25) is 5.91 Å². The first-order chi connectivity index (χ1) is 16.1. The number of para-hydroxylation sites is 1. The molecule has 1 aromatic carbocycles. The smallest absolute Gasteiger partial charge is 0.267 e. The number of aromatic nitrogens is 2. The van der Waals surface area contributed by atoms with Crippen LogP contribution in [0.1, 0.15) is 67.4 Å². The number of thioether (sulfide) groups is 1. The van der Waals surface area contributed by atoms with Crippen LogP contribution in [0.2, 0.25) is 0 Å². The number of nitrogens with zero attached hydrogens (tertiary/aromatic N) is 2. The number of hydrogen-bond acceptors (Lipinski definition) is 5. The summed E-state index contributed by atoms with van der Waals surface area (Å²) in [6.07, 6.45) is 11.3. The molecule has 1 N–H and O–H groups in total. The lowest BCUT2D eigenvalue weighted by Gasteiger charge is -2.17. The van der Waals surface area contributed by atoms with Crippen LogP contribution in [0, 0.1) is 6.92 Å². The van der Waals surface area contributed by atoms with Crippen LogP contribution in [0.3, 0.4) is 0 Å². The van der Waals surface area contributed by atoms with E-state index in [4.69, 9.17) is 4.98 Å². The van der Waals surface area contributed by atoms with Crippen molar-refractivity contribution in [2.24, 2.45) is 0 Å². The predicted octanol–water partition coefficient (Wildman–Crippen LogP) is 5.57. The average molecular weight is 482 g/mol. The first kappa shape index (κ1) is 22.7. The highest BCUT2D eigenvalue weighted by molar-refractivity contribution is 7.99. The van der Waals surface area contributed by atoms with Crippen LogP contribution in [-0.2, 0) is 17.6 Å². The molecule has 0 bridgehead atoms. The molecule has 0 atom stereocenters. The van der Waals surface area contributed by atoms with E-state index in [-0.39, 0.29) is 23.3 Å². The average Bonchev–Trinajstić information content (AvgIpc) is 2.99. The molecule has 1 saturated carbocycles. The standard InChI is InChI=1S/C26H31N3O2S2/c1-17-10-6-8-14-20(17)29-25(31)23-19-13-7-9-15-21(19)33-24(23)28-26(29)32-16-22(30)27-18-11-4-2-3-5-12-18/h6,8,10,14,18H,2-5,7,9,11-13,15-16H2,1H3,(H,27,30). The van der Waals surface area contributed by atoms with E-state index in [1.165, 1.54) is 54.3 Å². The second kappa shape index (κ2) is 10.0. The fraction of sp³-hybridized carbons (Fsp3) is 0.500. The van der Waals surface area contributed by atoms with E-state index < -0.39 is 0 Å². The number of rotatable bonds is 5. The number of nitrogens with one attached hydrogen (secondary N) is 1. The molecule has 33 heavy (non-hydrogen) atoms. The van der Waals surface area contributed by atoms with Gasteiger partial charge < -0.3 is 5.32 Å². The molecule has 0 unspecified atom stereocenters. The third-order valence-corrected chi connectivity index (χ3v) is 8.99. The monoisotopic (exact) mass is 481 g/mol. The number of fused-ring (bicyclic) bond motifs is 3. The van der Waals surface area contributed by atoms with Crippen molar-refractivity contribution in [3.8, 4) is 5.69 Å². The summed E-state index contributed by atoms with van der Waals surface area (Å²) >= 11 is 3.04. The van der Waals surface area contributed by atoms with Gasteiger partial charge in [-0.1, -0.05) is 55.6 Å². The van der Waals surface area contributed by atoms with E-state index in [1.807, 2.05) is 31.2 Å². The third kappa shape index (κ3) is 4.76. The molecule has 0 saturated heterocycles. The Morgan fingerprint density at radius 2 is 1.88 bits per heavy atom. The van der Waals surface area contributed by atoms with Gasteiger partial charge in [-0.05, 0) is 62.6 Å². The molecule has 2 aliphatic carbocycles. The van der Waals surface area contributed by atoms with Gasteiger partial charge in [0.15, 0.2) is 5.16 Å². The molecule has 1 amide bonds. The molecule has 5 nitrogen and oxygen atoms in total. The second-order valence-electron chi connectivity index (χ2n) is 9.26. The molecule has 174 valence electrons. The third-order valence-electron chi connectivity index (χ3n) is 6.87. The van der Waals surface area contributed by atoms with Crippen molar-refractivity contribution >= 4 is 39.2 Å². The van der Waals surface area contributed by atoms with E-state index in [1.54, 1.807) is 15.9 Å². The topological polar surface area (TPSA) is 64.0 Å². The Morgan fingerprint density at radius 3 is 2.67 bits per heavy atom. The van der Waals surface area contributed by atoms with Crippen LogP contribution in [0.5, 0.6) is 0 Å². The lowest BCUT2D eigenvalue weighted by atomic mass is 9.97. The lowest BCUT2D eigenvalue weighted by molar-refractivity contribution is -0.119. The van der Waals surface area contributed by atoms with E-state index >= 15 is 0 Å². The molecule has 2 heterocycles. The summed E-state index contributed by atoms with van der Waals surface area (Å²) in [7, 11) is 0. The maximum atomic E-state index is 13.9. The van der Waals surface area contributed by atoms with Crippen LogP contribution < -0.4 is 10.9 Å². The van der Waals surface area contributed by atoms with E-state index in [2.05, 4.69) is 5.32 Å². The normalized spacial score (nSPS) is 17.0. The van der Waals surface area contributed by atoms with Gasteiger partial charge in [-0.3, -0.25) is 14.2 Å². The summed E-state index contributed by atoms with van der Waals surface area (Å²) in [4.78, 5) is 33.7. The van der Waals surface area contributed by atoms with Crippen molar-refractivity contribution in [1.82, 2.24) is 14.9 Å². The Kier molecular flexibility index (Phi) is 6.88. The molecule has 0 spiro atoms. The van der Waals surface area contributed by atoms with Gasteiger partial charge in [-0.2, -0.15) is 0 Å². The van der Waals surface area contributed by atoms with Crippen molar-refractivity contribution < 1.29 is 4.79 Å². The number of aryl methyl sites for hydroxylation is 3. The first-order valence-corrected chi connectivity index (χ1v) is 14.0.